The van der Waals surface area contributed by atoms with Gasteiger partial charge >= 0.3 is 12.0 Å². The fourth-order valence-electron chi connectivity index (χ4n) is 4.76. The van der Waals surface area contributed by atoms with Gasteiger partial charge in [-0.3, -0.25) is 24.2 Å². The minimum Gasteiger partial charge on any atom is -0.480 e. The molecule has 0 radical (unpaired) electrons. The Kier molecular flexibility index (Phi) is 6.94. The summed E-state index contributed by atoms with van der Waals surface area (Å²) in [5.41, 5.74) is 0. The third-order valence-corrected chi connectivity index (χ3v) is 6.21. The molecule has 1 aliphatic heterocycles. The fraction of sp³-hybridized carbons (Fsp3) is 0.789. The summed E-state index contributed by atoms with van der Waals surface area (Å²) in [7, 11) is 0. The van der Waals surface area contributed by atoms with Crippen molar-refractivity contribution >= 4 is 23.8 Å². The van der Waals surface area contributed by atoms with Crippen LogP contribution >= 0.6 is 0 Å². The second kappa shape index (κ2) is 9.27. The summed E-state index contributed by atoms with van der Waals surface area (Å²) >= 11 is 0. The molecule has 1 saturated heterocycles. The van der Waals surface area contributed by atoms with Gasteiger partial charge in [0.25, 0.3) is 0 Å². The first-order valence-corrected chi connectivity index (χ1v) is 10.4. The Morgan fingerprint density at radius 3 is 2.07 bits per heavy atom. The topological polar surface area (TPSA) is 168 Å². The summed E-state index contributed by atoms with van der Waals surface area (Å²) in [5, 5.41) is 41.8. The molecule has 168 valence electrons. The first-order chi connectivity index (χ1) is 14.2. The molecule has 11 nitrogen and oxygen atoms in total. The molecule has 6 atom stereocenters. The van der Waals surface area contributed by atoms with Gasteiger partial charge in [-0.1, -0.05) is 0 Å². The van der Waals surface area contributed by atoms with Crippen LogP contribution in [0, 0.1) is 5.92 Å². The Bertz CT molecular complexity index is 701. The number of hydrogen-bond acceptors (Lipinski definition) is 7. The molecule has 0 aromatic carbocycles. The van der Waals surface area contributed by atoms with Gasteiger partial charge in [0.15, 0.2) is 12.1 Å². The van der Waals surface area contributed by atoms with E-state index in [1.165, 1.54) is 0 Å². The lowest BCUT2D eigenvalue weighted by Gasteiger charge is -2.49. The smallest absolute Gasteiger partial charge is 0.329 e. The molecule has 2 unspecified atom stereocenters. The lowest BCUT2D eigenvalue weighted by molar-refractivity contribution is -0.164. The van der Waals surface area contributed by atoms with Crippen LogP contribution in [0.1, 0.15) is 51.4 Å². The van der Waals surface area contributed by atoms with Crippen molar-refractivity contribution in [2.24, 2.45) is 5.92 Å². The number of carboxylic acids is 1. The van der Waals surface area contributed by atoms with Crippen LogP contribution in [0.25, 0.3) is 0 Å². The van der Waals surface area contributed by atoms with Crippen molar-refractivity contribution in [3.63, 3.8) is 0 Å². The number of aliphatic hydroxyl groups is 3. The van der Waals surface area contributed by atoms with Gasteiger partial charge in [0, 0.05) is 12.1 Å². The first-order valence-electron chi connectivity index (χ1n) is 10.4. The molecule has 0 spiro atoms. The minimum atomic E-state index is -1.76. The highest BCUT2D eigenvalue weighted by atomic mass is 16.4. The molecule has 3 fully saturated rings. The maximum atomic E-state index is 13.3. The van der Waals surface area contributed by atoms with Crippen LogP contribution in [-0.4, -0.2) is 91.1 Å². The number of nitrogens with one attached hydrogen (secondary N) is 1. The van der Waals surface area contributed by atoms with E-state index in [0.29, 0.717) is 38.5 Å². The van der Waals surface area contributed by atoms with Crippen LogP contribution in [0.3, 0.4) is 0 Å². The maximum absolute atomic E-state index is 13.3. The maximum Gasteiger partial charge on any atom is 0.329 e. The van der Waals surface area contributed by atoms with Gasteiger partial charge in [-0.25, -0.2) is 4.79 Å². The molecule has 5 N–H and O–H groups in total. The van der Waals surface area contributed by atoms with Crippen LogP contribution in [0.5, 0.6) is 0 Å². The summed E-state index contributed by atoms with van der Waals surface area (Å²) in [6, 6.07) is -1.92. The third kappa shape index (κ3) is 4.57. The molecular weight excluding hydrogens is 398 g/mol. The zero-order valence-corrected chi connectivity index (χ0v) is 16.6. The number of rotatable bonds is 5. The Morgan fingerprint density at radius 1 is 0.933 bits per heavy atom. The largest absolute Gasteiger partial charge is 0.480 e. The lowest BCUT2D eigenvalue weighted by Crippen LogP contribution is -2.69. The molecule has 4 amide bonds. The van der Waals surface area contributed by atoms with E-state index in [-0.39, 0.29) is 12.8 Å². The van der Waals surface area contributed by atoms with Crippen LogP contribution in [0.15, 0.2) is 0 Å². The number of amides is 4. The molecule has 0 aromatic rings. The van der Waals surface area contributed by atoms with Gasteiger partial charge in [0.1, 0.15) is 6.54 Å². The molecule has 0 aromatic heterocycles. The van der Waals surface area contributed by atoms with E-state index in [1.807, 2.05) is 0 Å². The van der Waals surface area contributed by atoms with E-state index in [1.54, 1.807) is 0 Å². The van der Waals surface area contributed by atoms with Crippen molar-refractivity contribution in [3.8, 4) is 0 Å². The molecule has 2 aliphatic carbocycles. The normalized spacial score (nSPS) is 35.3. The van der Waals surface area contributed by atoms with E-state index in [9.17, 15) is 34.5 Å². The average molecular weight is 427 g/mol. The highest BCUT2D eigenvalue weighted by molar-refractivity contribution is 6.09. The number of carbonyl (C=O) groups excluding carboxylic acids is 3. The minimum absolute atomic E-state index is 0.179. The van der Waals surface area contributed by atoms with Crippen molar-refractivity contribution in [1.29, 1.82) is 0 Å². The number of carboxylic acid groups (broad SMARTS) is 1. The zero-order valence-electron chi connectivity index (χ0n) is 16.6. The molecular formula is C19H29N3O8. The Balaban J connectivity index is 1.91. The van der Waals surface area contributed by atoms with E-state index >= 15 is 0 Å². The summed E-state index contributed by atoms with van der Waals surface area (Å²) in [6.07, 6.45) is 0.584. The molecule has 2 saturated carbocycles. The Hall–Kier alpha value is -2.24. The molecule has 0 bridgehead atoms. The Morgan fingerprint density at radius 2 is 1.50 bits per heavy atom. The molecule has 3 rings (SSSR count). The number of hydrogen-bond donors (Lipinski definition) is 5. The average Bonchev–Trinajstić information content (AvgIpc) is 2.66. The van der Waals surface area contributed by atoms with E-state index < -0.39 is 66.8 Å². The van der Waals surface area contributed by atoms with Gasteiger partial charge in [0.05, 0.1) is 12.2 Å². The van der Waals surface area contributed by atoms with Crippen molar-refractivity contribution in [3.05, 3.63) is 0 Å². The van der Waals surface area contributed by atoms with Gasteiger partial charge in [0.2, 0.25) is 11.8 Å². The molecule has 3 aliphatic rings. The number of nitrogens with zero attached hydrogens (tertiary/aromatic N) is 2. The number of aliphatic carboxylic acids is 1. The Labute approximate surface area is 173 Å². The summed E-state index contributed by atoms with van der Waals surface area (Å²) in [5.74, 6) is -4.87. The second-order valence-corrected chi connectivity index (χ2v) is 8.35. The molecule has 11 heteroatoms. The standard InChI is InChI=1S/C19H29N3O8/c23-12-5-1-3-10(7-12)21-17(28)15(16(27)20-9-14(25)26)18(29)22(19(21)30)11-4-2-6-13(24)8-11/h10-13,15,17,23-24,28H,1-9H2,(H,20,27)(H,25,26)/t10-,11-,12-,13+,15?,17?/m0/s1. The third-order valence-electron chi connectivity index (χ3n) is 6.21. The van der Waals surface area contributed by atoms with Crippen LogP contribution in [0.2, 0.25) is 0 Å². The monoisotopic (exact) mass is 427 g/mol. The summed E-state index contributed by atoms with van der Waals surface area (Å²) in [4.78, 5) is 51.8. The second-order valence-electron chi connectivity index (χ2n) is 8.35. The fourth-order valence-corrected chi connectivity index (χ4v) is 4.76. The van der Waals surface area contributed by atoms with Crippen molar-refractivity contribution in [1.82, 2.24) is 15.1 Å². The zero-order chi connectivity index (χ0) is 22.0. The van der Waals surface area contributed by atoms with E-state index in [0.717, 1.165) is 9.80 Å². The predicted octanol–water partition coefficient (Wildman–Crippen LogP) is -1.01. The van der Waals surface area contributed by atoms with Gasteiger partial charge in [-0.2, -0.15) is 0 Å². The molecule has 30 heavy (non-hydrogen) atoms. The number of carbonyl (C=O) groups is 4. The van der Waals surface area contributed by atoms with Gasteiger partial charge in [-0.05, 0) is 51.4 Å². The number of urea groups is 1. The SMILES string of the molecule is O=C(O)CNC(=O)C1C(=O)N([C@H]2CCC[C@@H](O)C2)C(=O)N([C@H]2CCC[C@H](O)C2)C1O. The quantitative estimate of drug-likeness (QED) is 0.348. The summed E-state index contributed by atoms with van der Waals surface area (Å²) < 4.78 is 0. The lowest BCUT2D eigenvalue weighted by atomic mass is 9.87. The van der Waals surface area contributed by atoms with Crippen LogP contribution < -0.4 is 5.32 Å². The number of aliphatic hydroxyl groups excluding tert-OH is 3. The van der Waals surface area contributed by atoms with Crippen LogP contribution in [-0.2, 0) is 14.4 Å². The predicted molar refractivity (Wildman–Crippen MR) is 101 cm³/mol. The van der Waals surface area contributed by atoms with Gasteiger partial charge in [-0.15, -0.1) is 0 Å². The van der Waals surface area contributed by atoms with Gasteiger partial charge < -0.3 is 25.7 Å². The first kappa shape index (κ1) is 22.4. The van der Waals surface area contributed by atoms with Crippen molar-refractivity contribution < 1.29 is 39.6 Å². The highest BCUT2D eigenvalue weighted by Crippen LogP contribution is 2.34. The summed E-state index contributed by atoms with van der Waals surface area (Å²) in [6.45, 7) is -0.729. The van der Waals surface area contributed by atoms with Crippen molar-refractivity contribution in [2.45, 2.75) is 81.9 Å². The van der Waals surface area contributed by atoms with Crippen LogP contribution in [0.4, 0.5) is 4.79 Å². The van der Waals surface area contributed by atoms with E-state index in [2.05, 4.69) is 5.32 Å². The highest BCUT2D eigenvalue weighted by Gasteiger charge is 2.53. The number of imide groups is 1. The molecule has 1 heterocycles. The van der Waals surface area contributed by atoms with Crippen molar-refractivity contribution in [2.75, 3.05) is 6.54 Å². The van der Waals surface area contributed by atoms with E-state index in [4.69, 9.17) is 5.11 Å².